The summed E-state index contributed by atoms with van der Waals surface area (Å²) in [7, 11) is -1.53. The number of nitrogens with zero attached hydrogens (tertiary/aromatic N) is 2. The van der Waals surface area contributed by atoms with Gasteiger partial charge in [0.05, 0.1) is 0 Å². The molecule has 0 saturated carbocycles. The van der Waals surface area contributed by atoms with E-state index in [2.05, 4.69) is 4.90 Å². The highest BCUT2D eigenvalue weighted by molar-refractivity contribution is 6.58. The van der Waals surface area contributed by atoms with Crippen LogP contribution in [-0.4, -0.2) is 59.9 Å². The standard InChI is InChI=1S/C16H26BN3O4/c1-16(2,3)24-15(21)20-6-4-19(5-7-20)14-9-12(11-18)8-13(10-14)17(22)23/h8-10,22-23H,4-7,11,18H2,1-3H3. The molecule has 0 bridgehead atoms. The van der Waals surface area contributed by atoms with Crippen molar-refractivity contribution in [2.45, 2.75) is 32.9 Å². The molecule has 1 heterocycles. The molecule has 2 rings (SSSR count). The van der Waals surface area contributed by atoms with E-state index in [1.807, 2.05) is 26.8 Å². The van der Waals surface area contributed by atoms with E-state index in [1.54, 1.807) is 17.0 Å². The minimum absolute atomic E-state index is 0.302. The molecular formula is C16H26BN3O4. The SMILES string of the molecule is CC(C)(C)OC(=O)N1CCN(c2cc(CN)cc(B(O)O)c2)CC1. The number of nitrogens with two attached hydrogens (primary N) is 1. The highest BCUT2D eigenvalue weighted by Crippen LogP contribution is 2.19. The normalized spacial score (nSPS) is 15.4. The summed E-state index contributed by atoms with van der Waals surface area (Å²) in [4.78, 5) is 15.9. The van der Waals surface area contributed by atoms with Crippen LogP contribution >= 0.6 is 0 Å². The van der Waals surface area contributed by atoms with Gasteiger partial charge in [0, 0.05) is 38.4 Å². The lowest BCUT2D eigenvalue weighted by Gasteiger charge is -2.37. The second-order valence-electron chi connectivity index (χ2n) is 6.97. The molecule has 1 aliphatic heterocycles. The summed E-state index contributed by atoms with van der Waals surface area (Å²) in [5, 5.41) is 18.8. The van der Waals surface area contributed by atoms with Gasteiger partial charge < -0.3 is 30.3 Å². The van der Waals surface area contributed by atoms with E-state index in [-0.39, 0.29) is 6.09 Å². The molecule has 7 nitrogen and oxygen atoms in total. The molecule has 0 radical (unpaired) electrons. The van der Waals surface area contributed by atoms with Crippen LogP contribution in [0.5, 0.6) is 0 Å². The van der Waals surface area contributed by atoms with Gasteiger partial charge in [-0.15, -0.1) is 0 Å². The smallest absolute Gasteiger partial charge is 0.444 e. The predicted octanol–water partition coefficient (Wildman–Crippen LogP) is -0.118. The molecule has 0 unspecified atom stereocenters. The first-order valence-corrected chi connectivity index (χ1v) is 8.12. The van der Waals surface area contributed by atoms with Crippen LogP contribution in [-0.2, 0) is 11.3 Å². The Hall–Kier alpha value is -1.77. The molecule has 1 aromatic carbocycles. The number of hydrogen-bond acceptors (Lipinski definition) is 6. The molecule has 0 atom stereocenters. The number of benzene rings is 1. The molecule has 1 aliphatic rings. The van der Waals surface area contributed by atoms with Crippen molar-refractivity contribution in [3.05, 3.63) is 23.8 Å². The minimum atomic E-state index is -1.53. The lowest BCUT2D eigenvalue weighted by Crippen LogP contribution is -2.50. The fourth-order valence-corrected chi connectivity index (χ4v) is 2.62. The minimum Gasteiger partial charge on any atom is -0.444 e. The molecule has 1 saturated heterocycles. The summed E-state index contributed by atoms with van der Waals surface area (Å²) in [6, 6.07) is 5.37. The van der Waals surface area contributed by atoms with Crippen molar-refractivity contribution >= 4 is 24.4 Å². The molecule has 1 amide bonds. The third kappa shape index (κ3) is 4.86. The topological polar surface area (TPSA) is 99.3 Å². The highest BCUT2D eigenvalue weighted by atomic mass is 16.6. The van der Waals surface area contributed by atoms with Crippen LogP contribution in [0.25, 0.3) is 0 Å². The van der Waals surface area contributed by atoms with Crippen molar-refractivity contribution in [1.29, 1.82) is 0 Å². The van der Waals surface area contributed by atoms with Crippen LogP contribution < -0.4 is 16.1 Å². The first-order valence-electron chi connectivity index (χ1n) is 8.12. The average Bonchev–Trinajstić information content (AvgIpc) is 2.52. The first kappa shape index (κ1) is 18.6. The number of rotatable bonds is 3. The van der Waals surface area contributed by atoms with Gasteiger partial charge in [-0.25, -0.2) is 4.79 Å². The van der Waals surface area contributed by atoms with E-state index >= 15 is 0 Å². The predicted molar refractivity (Wildman–Crippen MR) is 94.2 cm³/mol. The summed E-state index contributed by atoms with van der Waals surface area (Å²) in [5.74, 6) is 0. The molecule has 0 aliphatic carbocycles. The van der Waals surface area contributed by atoms with Crippen LogP contribution in [0.2, 0.25) is 0 Å². The fraction of sp³-hybridized carbons (Fsp3) is 0.562. The monoisotopic (exact) mass is 335 g/mol. The van der Waals surface area contributed by atoms with Crippen molar-refractivity contribution in [2.24, 2.45) is 5.73 Å². The Morgan fingerprint density at radius 3 is 2.33 bits per heavy atom. The number of amides is 1. The van der Waals surface area contributed by atoms with Gasteiger partial charge in [0.1, 0.15) is 5.60 Å². The Bertz CT molecular complexity index is 581. The third-order valence-electron chi connectivity index (χ3n) is 3.83. The van der Waals surface area contributed by atoms with Gasteiger partial charge in [0.25, 0.3) is 0 Å². The summed E-state index contributed by atoms with van der Waals surface area (Å²) in [6.45, 7) is 8.27. The molecule has 132 valence electrons. The van der Waals surface area contributed by atoms with E-state index < -0.39 is 12.7 Å². The zero-order chi connectivity index (χ0) is 17.9. The zero-order valence-corrected chi connectivity index (χ0v) is 14.5. The second-order valence-corrected chi connectivity index (χ2v) is 6.97. The largest absolute Gasteiger partial charge is 0.488 e. The van der Waals surface area contributed by atoms with Crippen LogP contribution in [0.3, 0.4) is 0 Å². The van der Waals surface area contributed by atoms with Crippen molar-refractivity contribution in [3.63, 3.8) is 0 Å². The molecule has 1 aromatic rings. The number of piperazine rings is 1. The summed E-state index contributed by atoms with van der Waals surface area (Å²) < 4.78 is 5.39. The lowest BCUT2D eigenvalue weighted by molar-refractivity contribution is 0.0240. The Morgan fingerprint density at radius 2 is 1.83 bits per heavy atom. The molecule has 4 N–H and O–H groups in total. The number of ether oxygens (including phenoxy) is 1. The van der Waals surface area contributed by atoms with Crippen molar-refractivity contribution in [1.82, 2.24) is 4.90 Å². The first-order chi connectivity index (χ1) is 11.2. The Morgan fingerprint density at radius 1 is 1.21 bits per heavy atom. The second kappa shape index (κ2) is 7.42. The fourth-order valence-electron chi connectivity index (χ4n) is 2.62. The van der Waals surface area contributed by atoms with Crippen molar-refractivity contribution < 1.29 is 19.6 Å². The Kier molecular flexibility index (Phi) is 5.74. The summed E-state index contributed by atoms with van der Waals surface area (Å²) >= 11 is 0. The van der Waals surface area contributed by atoms with E-state index in [4.69, 9.17) is 10.5 Å². The van der Waals surface area contributed by atoms with Crippen LogP contribution in [0.15, 0.2) is 18.2 Å². The Balaban J connectivity index is 2.04. The maximum absolute atomic E-state index is 12.1. The van der Waals surface area contributed by atoms with Gasteiger partial charge in [0.2, 0.25) is 0 Å². The number of hydrogen-bond donors (Lipinski definition) is 3. The van der Waals surface area contributed by atoms with E-state index in [1.165, 1.54) is 0 Å². The highest BCUT2D eigenvalue weighted by Gasteiger charge is 2.26. The number of anilines is 1. The van der Waals surface area contributed by atoms with Gasteiger partial charge in [-0.1, -0.05) is 6.07 Å². The molecular weight excluding hydrogens is 309 g/mol. The maximum atomic E-state index is 12.1. The van der Waals surface area contributed by atoms with E-state index in [9.17, 15) is 14.8 Å². The maximum Gasteiger partial charge on any atom is 0.488 e. The van der Waals surface area contributed by atoms with Gasteiger partial charge in [-0.2, -0.15) is 0 Å². The molecule has 1 fully saturated rings. The number of carbonyl (C=O) groups is 1. The van der Waals surface area contributed by atoms with Gasteiger partial charge in [-0.05, 0) is 43.9 Å². The third-order valence-corrected chi connectivity index (χ3v) is 3.83. The lowest BCUT2D eigenvalue weighted by atomic mass is 9.79. The average molecular weight is 335 g/mol. The van der Waals surface area contributed by atoms with Crippen LogP contribution in [0.4, 0.5) is 10.5 Å². The molecule has 24 heavy (non-hydrogen) atoms. The van der Waals surface area contributed by atoms with Crippen LogP contribution in [0.1, 0.15) is 26.3 Å². The number of carbonyl (C=O) groups excluding carboxylic acids is 1. The molecule has 0 spiro atoms. The van der Waals surface area contributed by atoms with Gasteiger partial charge >= 0.3 is 13.2 Å². The molecule has 0 aromatic heterocycles. The molecule has 8 heteroatoms. The van der Waals surface area contributed by atoms with E-state index in [0.717, 1.165) is 11.3 Å². The van der Waals surface area contributed by atoms with Gasteiger partial charge in [0.15, 0.2) is 0 Å². The summed E-state index contributed by atoms with van der Waals surface area (Å²) in [5.41, 5.74) is 7.32. The van der Waals surface area contributed by atoms with E-state index in [0.29, 0.717) is 38.2 Å². The van der Waals surface area contributed by atoms with Gasteiger partial charge in [-0.3, -0.25) is 0 Å². The zero-order valence-electron chi connectivity index (χ0n) is 14.5. The summed E-state index contributed by atoms with van der Waals surface area (Å²) in [6.07, 6.45) is -0.302. The van der Waals surface area contributed by atoms with Crippen LogP contribution in [0, 0.1) is 0 Å². The quantitative estimate of drug-likeness (QED) is 0.666. The van der Waals surface area contributed by atoms with Crippen molar-refractivity contribution in [2.75, 3.05) is 31.1 Å². The Labute approximate surface area is 143 Å². The van der Waals surface area contributed by atoms with Crippen molar-refractivity contribution in [3.8, 4) is 0 Å².